The van der Waals surface area contributed by atoms with Gasteiger partial charge >= 0.3 is 0 Å². The second-order valence-electron chi connectivity index (χ2n) is 33.4. The molecule has 8 heteroatoms. The molecule has 0 fully saturated rings. The van der Waals surface area contributed by atoms with Crippen LogP contribution in [0.15, 0.2) is 456 Å². The normalized spacial score (nSPS) is 13.4. The Morgan fingerprint density at radius 3 is 1.12 bits per heavy atom. The van der Waals surface area contributed by atoms with E-state index in [1.54, 1.807) is 4.57 Å². The minimum absolute atomic E-state index is 0.00414. The van der Waals surface area contributed by atoms with E-state index in [9.17, 15) is 11.0 Å². The van der Waals surface area contributed by atoms with E-state index in [-0.39, 0.29) is 21.8 Å². The standard InChI is InChI=1S/C120H73BN4O3/c1-5-29-74(30-6-1)81-66-95(77-33-9-3-10-34-77)119(98(68-81)91-44-27-53-114-116(91)93-42-18-25-51-111(93)127-114)124-106-70-80(76-55-59-84(60-56-76)122-102-46-20-13-37-86(102)87-38-14-21-47-103(87)122)57-62-100(106)121-101-63-61-85(123-104-48-22-15-39-88(104)89-40-16-23-49-105(89)123)73-107(101)125(109-72-83(71-108(124)118(109)121)79-58-64-113-97(65-79)90-41-17-24-50-110(90)126-113)120-96(78-35-11-4-12-36-78)67-82(75-31-7-2-8-32-75)69-99(120)92-45-28-54-115-117(92)94-43-19-26-52-112(94)128-115/h1-73H/i15D,16D,22D,23D,39D,40D,48D,49D. The summed E-state index contributed by atoms with van der Waals surface area (Å²) in [4.78, 5) is 5.02. The van der Waals surface area contributed by atoms with Crippen LogP contribution in [0, 0.1) is 0 Å². The minimum atomic E-state index is -0.660. The zero-order chi connectivity index (χ0) is 90.7. The Labute approximate surface area is 748 Å². The van der Waals surface area contributed by atoms with Gasteiger partial charge in [-0.1, -0.05) is 309 Å². The number of nitrogens with zero attached hydrogens (tertiary/aromatic N) is 4. The summed E-state index contributed by atoms with van der Waals surface area (Å²) < 4.78 is 102. The molecule has 0 N–H and O–H groups in total. The van der Waals surface area contributed by atoms with Gasteiger partial charge in [-0.05, 0) is 217 Å². The quantitative estimate of drug-likeness (QED) is 0.114. The average molecular weight is 1640 g/mol. The minimum Gasteiger partial charge on any atom is -0.456 e. The molecule has 2 aliphatic heterocycles. The first-order valence-corrected chi connectivity index (χ1v) is 43.3. The maximum atomic E-state index is 10.1. The predicted molar refractivity (Wildman–Crippen MR) is 534 cm³/mol. The zero-order valence-electron chi connectivity index (χ0n) is 76.6. The number of anilines is 6. The van der Waals surface area contributed by atoms with Crippen LogP contribution in [-0.4, -0.2) is 15.8 Å². The Bertz CT molecular complexity index is 9310. The van der Waals surface area contributed by atoms with Gasteiger partial charge in [0.25, 0.3) is 6.71 Å². The lowest BCUT2D eigenvalue weighted by molar-refractivity contribution is 0.668. The summed E-state index contributed by atoms with van der Waals surface area (Å²) in [6.07, 6.45) is 0. The molecule has 7 nitrogen and oxygen atoms in total. The van der Waals surface area contributed by atoms with Crippen LogP contribution in [0.5, 0.6) is 0 Å². The highest BCUT2D eigenvalue weighted by atomic mass is 16.3. The molecule has 0 aliphatic carbocycles. The molecule has 0 saturated carbocycles. The van der Waals surface area contributed by atoms with E-state index in [1.165, 1.54) is 10.8 Å². The van der Waals surface area contributed by atoms with Crippen molar-refractivity contribution in [2.45, 2.75) is 0 Å². The third-order valence-corrected chi connectivity index (χ3v) is 26.5. The molecule has 128 heavy (non-hydrogen) atoms. The molecular formula is C120H73BN4O3. The Kier molecular flexibility index (Phi) is 14.1. The molecule has 0 amide bonds. The fourth-order valence-corrected chi connectivity index (χ4v) is 21.0. The first-order valence-electron chi connectivity index (χ1n) is 47.3. The zero-order valence-corrected chi connectivity index (χ0v) is 68.6. The highest BCUT2D eigenvalue weighted by molar-refractivity contribution is 7.00. The van der Waals surface area contributed by atoms with Gasteiger partial charge in [-0.2, -0.15) is 0 Å². The maximum Gasteiger partial charge on any atom is 0.252 e. The molecule has 594 valence electrons. The van der Waals surface area contributed by atoms with E-state index < -0.39 is 55.1 Å². The van der Waals surface area contributed by atoms with Gasteiger partial charge in [-0.3, -0.25) is 0 Å². The lowest BCUT2D eigenvalue weighted by Gasteiger charge is -2.46. The van der Waals surface area contributed by atoms with Crippen LogP contribution in [0.3, 0.4) is 0 Å². The van der Waals surface area contributed by atoms with E-state index in [0.29, 0.717) is 17.0 Å². The SMILES string of the molecule is [2H]c1c([2H])c([2H])c2c(c1[2H])c1c([2H])c([2H])c([2H])c([2H])c1n2-c1ccc2c(c1)N(c1c(-c3ccccc3)cc(-c3ccccc3)cc1-c1cccc3oc4ccccc4c13)c1cc(-c3ccc4oc5ccccc5c4c3)cc3c1B2c1ccc(-c2ccc(-n4c5ccccc5c5ccccc54)cc2)cc1N3c1c(-c2ccccc2)cc(-c2ccccc2)cc1-c1cccc2oc3ccccc3c12. The highest BCUT2D eigenvalue weighted by Crippen LogP contribution is 2.58. The summed E-state index contributed by atoms with van der Waals surface area (Å²) in [5, 5.41) is 7.90. The maximum absolute atomic E-state index is 10.1. The monoisotopic (exact) mass is 1640 g/mol. The third-order valence-electron chi connectivity index (χ3n) is 26.5. The summed E-state index contributed by atoms with van der Waals surface area (Å²) in [6.45, 7) is -0.660. The molecule has 0 spiro atoms. The Balaban J connectivity index is 0.842. The van der Waals surface area contributed by atoms with Gasteiger partial charge in [0.1, 0.15) is 33.5 Å². The van der Waals surface area contributed by atoms with Crippen molar-refractivity contribution in [1.82, 2.24) is 9.13 Å². The lowest BCUT2D eigenvalue weighted by Crippen LogP contribution is -2.61. The van der Waals surface area contributed by atoms with Crippen LogP contribution in [-0.2, 0) is 0 Å². The van der Waals surface area contributed by atoms with Crippen LogP contribution in [0.25, 0.3) is 210 Å². The molecule has 0 atom stereocenters. The molecule has 27 rings (SSSR count). The van der Waals surface area contributed by atoms with Crippen molar-refractivity contribution in [3.8, 4) is 100 Å². The predicted octanol–water partition coefficient (Wildman–Crippen LogP) is 31.0. The van der Waals surface area contributed by atoms with Crippen molar-refractivity contribution >= 4 is 167 Å². The van der Waals surface area contributed by atoms with Crippen LogP contribution < -0.4 is 26.2 Å². The second kappa shape index (κ2) is 28.3. The van der Waals surface area contributed by atoms with Gasteiger partial charge in [0, 0.05) is 110 Å². The Hall–Kier alpha value is -16.9. The fraction of sp³-hybridized carbons (Fsp3) is 0. The molecule has 0 radical (unpaired) electrons. The molecular weight excluding hydrogens is 1560 g/mol. The van der Waals surface area contributed by atoms with Crippen LogP contribution in [0.1, 0.15) is 11.0 Å². The number of furan rings is 3. The number of rotatable bonds is 12. The van der Waals surface area contributed by atoms with Gasteiger partial charge in [0.15, 0.2) is 0 Å². The van der Waals surface area contributed by atoms with Crippen LogP contribution in [0.2, 0.25) is 0 Å². The summed E-state index contributed by atoms with van der Waals surface area (Å²) >= 11 is 0. The third kappa shape index (κ3) is 10.9. The molecule has 0 bridgehead atoms. The first-order chi connectivity index (χ1) is 66.8. The van der Waals surface area contributed by atoms with Gasteiger partial charge in [0.2, 0.25) is 0 Å². The van der Waals surface area contributed by atoms with Gasteiger partial charge < -0.3 is 32.2 Å². The topological polar surface area (TPSA) is 55.8 Å². The largest absolute Gasteiger partial charge is 0.456 e. The average Bonchev–Trinajstić information content (AvgIpc) is 0.758. The molecule has 2 aliphatic rings. The van der Waals surface area contributed by atoms with E-state index in [2.05, 4.69) is 354 Å². The molecule has 0 saturated heterocycles. The molecule has 5 aromatic heterocycles. The van der Waals surface area contributed by atoms with Crippen LogP contribution >= 0.6 is 0 Å². The van der Waals surface area contributed by atoms with Crippen molar-refractivity contribution in [3.63, 3.8) is 0 Å². The van der Waals surface area contributed by atoms with Gasteiger partial charge in [-0.15, -0.1) is 0 Å². The van der Waals surface area contributed by atoms with E-state index in [4.69, 9.17) is 13.3 Å². The summed E-state index contributed by atoms with van der Waals surface area (Å²) in [5.74, 6) is 0. The van der Waals surface area contributed by atoms with E-state index in [0.717, 1.165) is 211 Å². The number of aromatic nitrogens is 2. The molecule has 25 aromatic rings. The molecule has 0 unspecified atom stereocenters. The first kappa shape index (κ1) is 63.9. The van der Waals surface area contributed by atoms with Gasteiger partial charge in [0.05, 0.1) is 44.4 Å². The fourth-order valence-electron chi connectivity index (χ4n) is 21.0. The smallest absolute Gasteiger partial charge is 0.252 e. The number of hydrogen-bond donors (Lipinski definition) is 0. The summed E-state index contributed by atoms with van der Waals surface area (Å²) in [7, 11) is 0. The van der Waals surface area contributed by atoms with Crippen molar-refractivity contribution in [3.05, 3.63) is 443 Å². The number of para-hydroxylation sites is 7. The van der Waals surface area contributed by atoms with Gasteiger partial charge in [-0.25, -0.2) is 0 Å². The molecule has 7 heterocycles. The van der Waals surface area contributed by atoms with Crippen LogP contribution in [0.4, 0.5) is 34.1 Å². The highest BCUT2D eigenvalue weighted by Gasteiger charge is 2.47. The van der Waals surface area contributed by atoms with E-state index in [1.807, 2.05) is 54.6 Å². The number of hydrogen-bond acceptors (Lipinski definition) is 5. The number of benzene rings is 20. The van der Waals surface area contributed by atoms with Crippen molar-refractivity contribution in [2.75, 3.05) is 9.80 Å². The lowest BCUT2D eigenvalue weighted by atomic mass is 9.33. The summed E-state index contributed by atoms with van der Waals surface area (Å²) in [6, 6.07) is 136. The number of fused-ring (bicyclic) bond motifs is 19. The van der Waals surface area contributed by atoms with Crippen molar-refractivity contribution in [2.24, 2.45) is 0 Å². The van der Waals surface area contributed by atoms with Crippen molar-refractivity contribution < 1.29 is 24.2 Å². The van der Waals surface area contributed by atoms with Crippen molar-refractivity contribution in [1.29, 1.82) is 0 Å². The Morgan fingerprint density at radius 1 is 0.211 bits per heavy atom. The second-order valence-corrected chi connectivity index (χ2v) is 33.4. The molecule has 20 aromatic carbocycles. The van der Waals surface area contributed by atoms with E-state index >= 15 is 0 Å². The summed E-state index contributed by atoms with van der Waals surface area (Å²) in [5.41, 5.74) is 30.5. The Morgan fingerprint density at radius 2 is 0.578 bits per heavy atom.